The minimum atomic E-state index is 0.308. The fourth-order valence-corrected chi connectivity index (χ4v) is 4.15. The molecule has 5 heteroatoms. The Balaban J connectivity index is 1.62. The molecule has 132 valence electrons. The summed E-state index contributed by atoms with van der Waals surface area (Å²) in [5, 5.41) is 0. The first-order valence-electron chi connectivity index (χ1n) is 9.22. The number of aryl methyl sites for hydroxylation is 1. The number of nitrogens with zero attached hydrogens (tertiary/aromatic N) is 4. The van der Waals surface area contributed by atoms with Gasteiger partial charge >= 0.3 is 0 Å². The van der Waals surface area contributed by atoms with E-state index in [-0.39, 0.29) is 0 Å². The van der Waals surface area contributed by atoms with Crippen LogP contribution >= 0.6 is 0 Å². The van der Waals surface area contributed by atoms with Crippen LogP contribution in [-0.4, -0.2) is 36.1 Å². The van der Waals surface area contributed by atoms with Crippen LogP contribution in [0.2, 0.25) is 0 Å². The Kier molecular flexibility index (Phi) is 4.12. The molecular formula is C20H27N5. The van der Waals surface area contributed by atoms with Gasteiger partial charge in [-0.2, -0.15) is 4.98 Å². The molecule has 2 fully saturated rings. The highest BCUT2D eigenvalue weighted by atomic mass is 15.3. The largest absolute Gasteiger partial charge is 0.356 e. The zero-order chi connectivity index (χ0) is 17.4. The van der Waals surface area contributed by atoms with Gasteiger partial charge in [0.2, 0.25) is 5.95 Å². The summed E-state index contributed by atoms with van der Waals surface area (Å²) in [5.41, 5.74) is 8.83. The fourth-order valence-electron chi connectivity index (χ4n) is 4.15. The van der Waals surface area contributed by atoms with E-state index < -0.39 is 0 Å². The number of benzene rings is 1. The van der Waals surface area contributed by atoms with Gasteiger partial charge in [0.05, 0.1) is 0 Å². The Morgan fingerprint density at radius 1 is 1.20 bits per heavy atom. The average molecular weight is 337 g/mol. The van der Waals surface area contributed by atoms with Gasteiger partial charge < -0.3 is 15.5 Å². The molecule has 1 saturated heterocycles. The van der Waals surface area contributed by atoms with E-state index in [1.807, 2.05) is 37.1 Å². The Bertz CT molecular complexity index is 741. The molecule has 1 spiro atoms. The van der Waals surface area contributed by atoms with Crippen molar-refractivity contribution < 1.29 is 0 Å². The standard InChI is InChI=1S/C20H27N5/c1-15-13-18(25-12-9-17(21)20(14-25)10-6-11-20)23-19(22-15)24(2)16-7-4-3-5-8-16/h3-5,7-8,13,17H,6,9-12,14,21H2,1-2H3. The van der Waals surface area contributed by atoms with E-state index in [2.05, 4.69) is 28.1 Å². The molecule has 25 heavy (non-hydrogen) atoms. The van der Waals surface area contributed by atoms with Crippen LogP contribution in [0.15, 0.2) is 36.4 Å². The summed E-state index contributed by atoms with van der Waals surface area (Å²) < 4.78 is 0. The molecule has 1 aliphatic heterocycles. The topological polar surface area (TPSA) is 58.3 Å². The number of rotatable bonds is 3. The highest BCUT2D eigenvalue weighted by Gasteiger charge is 2.46. The maximum absolute atomic E-state index is 6.43. The summed E-state index contributed by atoms with van der Waals surface area (Å²) in [5.74, 6) is 1.78. The molecule has 1 saturated carbocycles. The minimum absolute atomic E-state index is 0.308. The molecular weight excluding hydrogens is 310 g/mol. The third-order valence-electron chi connectivity index (χ3n) is 5.95. The van der Waals surface area contributed by atoms with Gasteiger partial charge in [-0.1, -0.05) is 24.6 Å². The lowest BCUT2D eigenvalue weighted by Gasteiger charge is -2.53. The average Bonchev–Trinajstić information content (AvgIpc) is 2.60. The molecule has 2 aliphatic rings. The van der Waals surface area contributed by atoms with Crippen molar-refractivity contribution in [2.45, 2.75) is 38.6 Å². The van der Waals surface area contributed by atoms with Crippen LogP contribution in [0.3, 0.4) is 0 Å². The van der Waals surface area contributed by atoms with Crippen molar-refractivity contribution in [3.8, 4) is 0 Å². The number of piperidine rings is 1. The number of aromatic nitrogens is 2. The zero-order valence-corrected chi connectivity index (χ0v) is 15.2. The van der Waals surface area contributed by atoms with E-state index in [9.17, 15) is 0 Å². The molecule has 4 rings (SSSR count). The fraction of sp³-hybridized carbons (Fsp3) is 0.500. The zero-order valence-electron chi connectivity index (χ0n) is 15.2. The summed E-state index contributed by atoms with van der Waals surface area (Å²) in [4.78, 5) is 14.0. The highest BCUT2D eigenvalue weighted by molar-refractivity contribution is 5.58. The maximum atomic E-state index is 6.43. The molecule has 5 nitrogen and oxygen atoms in total. The Morgan fingerprint density at radius 2 is 1.96 bits per heavy atom. The van der Waals surface area contributed by atoms with E-state index in [1.165, 1.54) is 19.3 Å². The highest BCUT2D eigenvalue weighted by Crippen LogP contribution is 2.47. The summed E-state index contributed by atoms with van der Waals surface area (Å²) >= 11 is 0. The maximum Gasteiger partial charge on any atom is 0.231 e. The molecule has 1 aromatic carbocycles. The summed E-state index contributed by atoms with van der Waals surface area (Å²) in [6.07, 6.45) is 4.87. The van der Waals surface area contributed by atoms with Crippen molar-refractivity contribution in [2.75, 3.05) is 29.9 Å². The van der Waals surface area contributed by atoms with Gasteiger partial charge in [-0.05, 0) is 38.3 Å². The Morgan fingerprint density at radius 3 is 2.64 bits per heavy atom. The lowest BCUT2D eigenvalue weighted by atomic mass is 9.61. The molecule has 1 atom stereocenters. The number of hydrogen-bond donors (Lipinski definition) is 1. The minimum Gasteiger partial charge on any atom is -0.356 e. The van der Waals surface area contributed by atoms with Crippen LogP contribution in [0.25, 0.3) is 0 Å². The van der Waals surface area contributed by atoms with Crippen LogP contribution in [0, 0.1) is 12.3 Å². The summed E-state index contributed by atoms with van der Waals surface area (Å²) in [6, 6.07) is 12.7. The second kappa shape index (κ2) is 6.30. The lowest BCUT2D eigenvalue weighted by molar-refractivity contribution is 0.0803. The van der Waals surface area contributed by atoms with Crippen LogP contribution in [-0.2, 0) is 0 Å². The van der Waals surface area contributed by atoms with Gasteiger partial charge in [-0.25, -0.2) is 4.98 Å². The van der Waals surface area contributed by atoms with Gasteiger partial charge in [0.25, 0.3) is 0 Å². The first kappa shape index (κ1) is 16.3. The van der Waals surface area contributed by atoms with Gasteiger partial charge in [0.15, 0.2) is 0 Å². The predicted molar refractivity (Wildman–Crippen MR) is 102 cm³/mol. The van der Waals surface area contributed by atoms with Crippen molar-refractivity contribution in [3.05, 3.63) is 42.1 Å². The van der Waals surface area contributed by atoms with Gasteiger partial charge in [-0.15, -0.1) is 0 Å². The molecule has 1 aliphatic carbocycles. The molecule has 2 heterocycles. The van der Waals surface area contributed by atoms with E-state index in [1.54, 1.807) is 0 Å². The van der Waals surface area contributed by atoms with Gasteiger partial charge in [0, 0.05) is 49.0 Å². The van der Waals surface area contributed by atoms with Gasteiger partial charge in [-0.3, -0.25) is 0 Å². The van der Waals surface area contributed by atoms with Crippen LogP contribution in [0.5, 0.6) is 0 Å². The molecule has 1 aromatic heterocycles. The van der Waals surface area contributed by atoms with Crippen LogP contribution < -0.4 is 15.5 Å². The SMILES string of the molecule is Cc1cc(N2CCC(N)C3(CCC3)C2)nc(N(C)c2ccccc2)n1. The van der Waals surface area contributed by atoms with Crippen molar-refractivity contribution >= 4 is 17.5 Å². The van der Waals surface area contributed by atoms with Crippen LogP contribution in [0.1, 0.15) is 31.4 Å². The monoisotopic (exact) mass is 337 g/mol. The number of hydrogen-bond acceptors (Lipinski definition) is 5. The van der Waals surface area contributed by atoms with E-state index in [0.717, 1.165) is 42.7 Å². The van der Waals surface area contributed by atoms with Crippen LogP contribution in [0.4, 0.5) is 17.5 Å². The quantitative estimate of drug-likeness (QED) is 0.931. The molecule has 0 amide bonds. The summed E-state index contributed by atoms with van der Waals surface area (Å²) in [7, 11) is 2.02. The third kappa shape index (κ3) is 2.97. The second-order valence-corrected chi connectivity index (χ2v) is 7.59. The second-order valence-electron chi connectivity index (χ2n) is 7.59. The molecule has 1 unspecified atom stereocenters. The van der Waals surface area contributed by atoms with E-state index in [4.69, 9.17) is 10.7 Å². The first-order valence-corrected chi connectivity index (χ1v) is 9.22. The number of para-hydroxylation sites is 1. The predicted octanol–water partition coefficient (Wildman–Crippen LogP) is 3.26. The third-order valence-corrected chi connectivity index (χ3v) is 5.95. The van der Waals surface area contributed by atoms with E-state index >= 15 is 0 Å². The van der Waals surface area contributed by atoms with Crippen molar-refractivity contribution in [2.24, 2.45) is 11.1 Å². The number of anilines is 3. The van der Waals surface area contributed by atoms with Crippen molar-refractivity contribution in [3.63, 3.8) is 0 Å². The molecule has 0 radical (unpaired) electrons. The van der Waals surface area contributed by atoms with Crippen molar-refractivity contribution in [1.82, 2.24) is 9.97 Å². The Hall–Kier alpha value is -2.14. The molecule has 2 aromatic rings. The number of nitrogens with two attached hydrogens (primary N) is 1. The molecule has 0 bridgehead atoms. The molecule has 2 N–H and O–H groups in total. The smallest absolute Gasteiger partial charge is 0.231 e. The van der Waals surface area contributed by atoms with Crippen molar-refractivity contribution in [1.29, 1.82) is 0 Å². The summed E-state index contributed by atoms with van der Waals surface area (Å²) in [6.45, 7) is 4.05. The lowest BCUT2D eigenvalue weighted by Crippen LogP contribution is -2.58. The normalized spacial score (nSPS) is 21.9. The van der Waals surface area contributed by atoms with E-state index in [0.29, 0.717) is 11.5 Å². The van der Waals surface area contributed by atoms with Gasteiger partial charge in [0.1, 0.15) is 5.82 Å². The first-order chi connectivity index (χ1) is 12.1. The Labute approximate surface area is 149 Å².